The lowest BCUT2D eigenvalue weighted by molar-refractivity contribution is -0.160. The predicted molar refractivity (Wildman–Crippen MR) is 80.2 cm³/mol. The molecular weight excluding hydrogens is 322 g/mol. The number of halogens is 2. The summed E-state index contributed by atoms with van der Waals surface area (Å²) in [5, 5.41) is 18.0. The number of amides is 1. The van der Waals surface area contributed by atoms with Gasteiger partial charge in [-0.25, -0.2) is 13.6 Å². The van der Waals surface area contributed by atoms with Crippen LogP contribution in [0, 0.1) is 17.1 Å². The summed E-state index contributed by atoms with van der Waals surface area (Å²) in [4.78, 5) is 23.6. The minimum absolute atomic E-state index is 0.0352. The fourth-order valence-corrected chi connectivity index (χ4v) is 2.78. The van der Waals surface area contributed by atoms with Crippen molar-refractivity contribution in [2.45, 2.75) is 24.9 Å². The molecule has 2 rings (SSSR count). The summed E-state index contributed by atoms with van der Waals surface area (Å²) in [5.74, 6) is -1.57. The second kappa shape index (κ2) is 6.93. The number of nitriles is 1. The van der Waals surface area contributed by atoms with Crippen LogP contribution in [0.3, 0.4) is 0 Å². The van der Waals surface area contributed by atoms with Gasteiger partial charge in [-0.05, 0) is 12.1 Å². The fourth-order valence-electron chi connectivity index (χ4n) is 2.78. The van der Waals surface area contributed by atoms with Gasteiger partial charge in [-0.2, -0.15) is 14.5 Å². The minimum atomic E-state index is -2.27. The largest absolute Gasteiger partial charge is 0.518 e. The van der Waals surface area contributed by atoms with Crippen LogP contribution < -0.4 is 4.48 Å². The maximum absolute atomic E-state index is 14.8. The molecule has 1 aromatic carbocycles. The number of ether oxygens (including phenoxy) is 1. The molecule has 6 nitrogen and oxygen atoms in total. The van der Waals surface area contributed by atoms with Gasteiger partial charge < -0.3 is 9.84 Å². The molecular formula is C16H17F2N2O4+. The van der Waals surface area contributed by atoms with Crippen molar-refractivity contribution in [3.05, 3.63) is 30.1 Å². The number of carboxylic acid groups (broad SMARTS) is 1. The Morgan fingerprint density at radius 3 is 2.38 bits per heavy atom. The van der Waals surface area contributed by atoms with Crippen molar-refractivity contribution in [2.24, 2.45) is 0 Å². The normalized spacial score (nSPS) is 26.4. The maximum atomic E-state index is 14.8. The third-order valence-electron chi connectivity index (χ3n) is 4.28. The molecule has 0 atom stereocenters. The van der Waals surface area contributed by atoms with E-state index in [-0.39, 0.29) is 39.0 Å². The van der Waals surface area contributed by atoms with Crippen molar-refractivity contribution < 1.29 is 28.2 Å². The molecule has 1 aliphatic heterocycles. The SMILES string of the molecule is N#CCCOC(=O)C1(F)CC[N+](C(=O)O)(c2ccc(F)cc2)CC1. The van der Waals surface area contributed by atoms with Gasteiger partial charge in [0.15, 0.2) is 0 Å². The van der Waals surface area contributed by atoms with E-state index in [2.05, 4.69) is 0 Å². The van der Waals surface area contributed by atoms with Gasteiger partial charge in [0, 0.05) is 25.0 Å². The van der Waals surface area contributed by atoms with Crippen molar-refractivity contribution in [3.8, 4) is 6.07 Å². The standard InChI is InChI=1S/C16H16F2N2O4/c17-12-2-4-13(5-3-12)20(15(22)23)9-6-16(18,7-10-20)14(21)24-11-1-8-19/h2-5H,1,6-7,9-11H2/p+1. The first-order chi connectivity index (χ1) is 11.3. The highest BCUT2D eigenvalue weighted by molar-refractivity contribution is 5.84. The first-order valence-corrected chi connectivity index (χ1v) is 7.44. The Morgan fingerprint density at radius 2 is 1.88 bits per heavy atom. The number of hydrogen-bond acceptors (Lipinski definition) is 4. The molecule has 1 amide bonds. The average molecular weight is 339 g/mol. The third-order valence-corrected chi connectivity index (χ3v) is 4.28. The van der Waals surface area contributed by atoms with Crippen LogP contribution in [-0.2, 0) is 9.53 Å². The first kappa shape index (κ1) is 17.8. The Bertz CT molecular complexity index is 662. The predicted octanol–water partition coefficient (Wildman–Crippen LogP) is 2.77. The number of rotatable bonds is 4. The van der Waals surface area contributed by atoms with E-state index in [1.807, 2.05) is 0 Å². The van der Waals surface area contributed by atoms with Gasteiger partial charge in [0.25, 0.3) is 0 Å². The van der Waals surface area contributed by atoms with E-state index < -0.39 is 28.0 Å². The summed E-state index contributed by atoms with van der Waals surface area (Å²) in [7, 11) is 0. The van der Waals surface area contributed by atoms with Gasteiger partial charge in [0.2, 0.25) is 5.67 Å². The van der Waals surface area contributed by atoms with E-state index in [9.17, 15) is 23.5 Å². The van der Waals surface area contributed by atoms with E-state index in [4.69, 9.17) is 10.00 Å². The molecule has 0 unspecified atom stereocenters. The van der Waals surface area contributed by atoms with Gasteiger partial charge in [0.1, 0.15) is 18.1 Å². The molecule has 24 heavy (non-hydrogen) atoms. The van der Waals surface area contributed by atoms with Crippen LogP contribution in [0.2, 0.25) is 0 Å². The van der Waals surface area contributed by atoms with Crippen LogP contribution in [0.25, 0.3) is 0 Å². The summed E-state index contributed by atoms with van der Waals surface area (Å²) < 4.78 is 32.0. The molecule has 1 aliphatic rings. The van der Waals surface area contributed by atoms with Gasteiger partial charge in [0.05, 0.1) is 25.6 Å². The quantitative estimate of drug-likeness (QED) is 0.518. The second-order valence-electron chi connectivity index (χ2n) is 5.68. The van der Waals surface area contributed by atoms with E-state index in [1.165, 1.54) is 12.1 Å². The summed E-state index contributed by atoms with van der Waals surface area (Å²) in [6.07, 6.45) is -1.89. The van der Waals surface area contributed by atoms with Crippen LogP contribution in [0.4, 0.5) is 19.3 Å². The van der Waals surface area contributed by atoms with Gasteiger partial charge in [-0.15, -0.1) is 0 Å². The minimum Gasteiger partial charge on any atom is -0.462 e. The lowest BCUT2D eigenvalue weighted by Crippen LogP contribution is -2.62. The van der Waals surface area contributed by atoms with Crippen LogP contribution in [0.1, 0.15) is 19.3 Å². The highest BCUT2D eigenvalue weighted by atomic mass is 19.1. The van der Waals surface area contributed by atoms with Crippen LogP contribution in [0.5, 0.6) is 0 Å². The number of likely N-dealkylation sites (tertiary alicyclic amines) is 1. The summed E-state index contributed by atoms with van der Waals surface area (Å²) in [6, 6.07) is 6.76. The molecule has 8 heteroatoms. The van der Waals surface area contributed by atoms with Crippen LogP contribution in [0.15, 0.2) is 24.3 Å². The molecule has 1 N–H and O–H groups in total. The summed E-state index contributed by atoms with van der Waals surface area (Å²) >= 11 is 0. The summed E-state index contributed by atoms with van der Waals surface area (Å²) in [6.45, 7) is -0.520. The second-order valence-corrected chi connectivity index (χ2v) is 5.68. The van der Waals surface area contributed by atoms with E-state index in [1.54, 1.807) is 6.07 Å². The lowest BCUT2D eigenvalue weighted by atomic mass is 9.91. The highest BCUT2D eigenvalue weighted by Gasteiger charge is 2.53. The van der Waals surface area contributed by atoms with E-state index in [0.717, 1.165) is 12.1 Å². The number of piperidine rings is 1. The maximum Gasteiger partial charge on any atom is 0.518 e. The van der Waals surface area contributed by atoms with Crippen LogP contribution >= 0.6 is 0 Å². The molecule has 0 aromatic heterocycles. The number of alkyl halides is 1. The molecule has 0 radical (unpaired) electrons. The number of esters is 1. The monoisotopic (exact) mass is 339 g/mol. The third kappa shape index (κ3) is 3.36. The molecule has 1 saturated heterocycles. The van der Waals surface area contributed by atoms with Crippen molar-refractivity contribution in [2.75, 3.05) is 19.7 Å². The molecule has 128 valence electrons. The molecule has 0 bridgehead atoms. The zero-order valence-corrected chi connectivity index (χ0v) is 12.9. The molecule has 0 saturated carbocycles. The lowest BCUT2D eigenvalue weighted by Gasteiger charge is -2.39. The Balaban J connectivity index is 2.15. The number of hydrogen-bond donors (Lipinski definition) is 1. The molecule has 1 heterocycles. The van der Waals surface area contributed by atoms with Crippen molar-refractivity contribution >= 4 is 17.7 Å². The van der Waals surface area contributed by atoms with Crippen LogP contribution in [-0.4, -0.2) is 42.5 Å². The summed E-state index contributed by atoms with van der Waals surface area (Å²) in [5.41, 5.74) is -1.95. The molecule has 0 spiro atoms. The van der Waals surface area contributed by atoms with E-state index in [0.29, 0.717) is 5.69 Å². The van der Waals surface area contributed by atoms with Gasteiger partial charge >= 0.3 is 12.1 Å². The van der Waals surface area contributed by atoms with Crippen molar-refractivity contribution in [3.63, 3.8) is 0 Å². The van der Waals surface area contributed by atoms with E-state index >= 15 is 0 Å². The first-order valence-electron chi connectivity index (χ1n) is 7.44. The van der Waals surface area contributed by atoms with Gasteiger partial charge in [-0.1, -0.05) is 0 Å². The highest BCUT2D eigenvalue weighted by Crippen LogP contribution is 2.36. The smallest absolute Gasteiger partial charge is 0.462 e. The Hall–Kier alpha value is -2.53. The molecule has 1 fully saturated rings. The number of benzene rings is 1. The zero-order valence-electron chi connectivity index (χ0n) is 12.9. The average Bonchev–Trinajstić information content (AvgIpc) is 2.56. The molecule has 0 aliphatic carbocycles. The molecule has 1 aromatic rings. The topological polar surface area (TPSA) is 87.4 Å². The van der Waals surface area contributed by atoms with Crippen molar-refractivity contribution in [1.82, 2.24) is 4.48 Å². The number of nitrogens with zero attached hydrogens (tertiary/aromatic N) is 2. The Labute approximate surface area is 137 Å². The van der Waals surface area contributed by atoms with Gasteiger partial charge in [-0.3, -0.25) is 0 Å². The fraction of sp³-hybridized carbons (Fsp3) is 0.438. The number of quaternary nitrogens is 1. The Kier molecular flexibility index (Phi) is 5.14. The zero-order chi connectivity index (χ0) is 17.8. The Morgan fingerprint density at radius 1 is 1.29 bits per heavy atom. The number of carbonyl (C=O) groups is 2. The van der Waals surface area contributed by atoms with Crippen molar-refractivity contribution in [1.29, 1.82) is 5.26 Å². The number of carbonyl (C=O) groups excluding carboxylic acids is 1.